The highest BCUT2D eigenvalue weighted by Gasteiger charge is 1.99. The molecule has 0 aliphatic rings. The van der Waals surface area contributed by atoms with Crippen molar-refractivity contribution in [3.63, 3.8) is 0 Å². The molecule has 0 radical (unpaired) electrons. The highest BCUT2D eigenvalue weighted by atomic mass is 35.5. The zero-order chi connectivity index (χ0) is 8.27. The number of rotatable bonds is 2. The van der Waals surface area contributed by atoms with Crippen LogP contribution in [0.1, 0.15) is 10.4 Å². The van der Waals surface area contributed by atoms with Gasteiger partial charge in [-0.2, -0.15) is 0 Å². The minimum Gasteiger partial charge on any atom is -0.373 e. The number of pyridine rings is 1. The van der Waals surface area contributed by atoms with Gasteiger partial charge < -0.3 is 5.32 Å². The number of carbonyl (C=O) groups is 1. The average Bonchev–Trinajstić information content (AvgIpc) is 2.04. The van der Waals surface area contributed by atoms with Gasteiger partial charge in [-0.15, -0.1) is 0 Å². The first-order valence-corrected chi connectivity index (χ1v) is 3.44. The molecule has 0 saturated heterocycles. The second kappa shape index (κ2) is 3.34. The molecule has 0 saturated carbocycles. The molecule has 1 aromatic heterocycles. The predicted octanol–water partition coefficient (Wildman–Crippen LogP) is 1.59. The minimum atomic E-state index is 0.408. The number of carbonyl (C=O) groups excluding carboxylic acids is 1. The van der Waals surface area contributed by atoms with Crippen molar-refractivity contribution < 1.29 is 4.79 Å². The van der Waals surface area contributed by atoms with Gasteiger partial charge in [0.1, 0.15) is 5.82 Å². The highest BCUT2D eigenvalue weighted by Crippen LogP contribution is 2.15. The smallest absolute Gasteiger partial charge is 0.153 e. The van der Waals surface area contributed by atoms with E-state index in [4.69, 9.17) is 11.6 Å². The SMILES string of the molecule is CNc1cc(Cl)c(C=O)cn1. The van der Waals surface area contributed by atoms with E-state index in [2.05, 4.69) is 10.3 Å². The fourth-order valence-corrected chi connectivity index (χ4v) is 0.862. The number of aromatic nitrogens is 1. The summed E-state index contributed by atoms with van der Waals surface area (Å²) in [6.45, 7) is 0. The normalized spacial score (nSPS) is 9.27. The third-order valence-corrected chi connectivity index (χ3v) is 1.59. The molecule has 0 unspecified atom stereocenters. The van der Waals surface area contributed by atoms with Crippen molar-refractivity contribution in [2.45, 2.75) is 0 Å². The molecule has 0 bridgehead atoms. The first kappa shape index (κ1) is 8.01. The van der Waals surface area contributed by atoms with Gasteiger partial charge in [-0.05, 0) is 6.07 Å². The lowest BCUT2D eigenvalue weighted by atomic mass is 10.3. The fraction of sp³-hybridized carbons (Fsp3) is 0.143. The van der Waals surface area contributed by atoms with E-state index in [0.29, 0.717) is 22.7 Å². The Morgan fingerprint density at radius 2 is 2.45 bits per heavy atom. The molecular formula is C7H7ClN2O. The largest absolute Gasteiger partial charge is 0.373 e. The van der Waals surface area contributed by atoms with E-state index in [1.807, 2.05) is 0 Å². The minimum absolute atomic E-state index is 0.408. The Morgan fingerprint density at radius 1 is 1.73 bits per heavy atom. The van der Waals surface area contributed by atoms with Crippen LogP contribution < -0.4 is 5.32 Å². The van der Waals surface area contributed by atoms with Crippen LogP contribution in [-0.2, 0) is 0 Å². The Morgan fingerprint density at radius 3 is 2.91 bits per heavy atom. The molecule has 0 atom stereocenters. The van der Waals surface area contributed by atoms with Crippen LogP contribution >= 0.6 is 11.6 Å². The van der Waals surface area contributed by atoms with Crippen molar-refractivity contribution in [2.75, 3.05) is 12.4 Å². The summed E-state index contributed by atoms with van der Waals surface area (Å²) < 4.78 is 0. The maximum Gasteiger partial charge on any atom is 0.153 e. The predicted molar refractivity (Wildman–Crippen MR) is 44.2 cm³/mol. The van der Waals surface area contributed by atoms with E-state index in [0.717, 1.165) is 0 Å². The third kappa shape index (κ3) is 1.68. The van der Waals surface area contributed by atoms with Crippen LogP contribution in [0.25, 0.3) is 0 Å². The molecule has 1 N–H and O–H groups in total. The lowest BCUT2D eigenvalue weighted by Gasteiger charge is -1.99. The molecule has 11 heavy (non-hydrogen) atoms. The molecule has 0 aromatic carbocycles. The van der Waals surface area contributed by atoms with Gasteiger partial charge in [-0.3, -0.25) is 4.79 Å². The van der Waals surface area contributed by atoms with Gasteiger partial charge in [0, 0.05) is 13.2 Å². The Balaban J connectivity index is 3.09. The molecule has 1 rings (SSSR count). The Labute approximate surface area is 69.4 Å². The van der Waals surface area contributed by atoms with Crippen LogP contribution in [0.2, 0.25) is 5.02 Å². The van der Waals surface area contributed by atoms with Crippen molar-refractivity contribution >= 4 is 23.7 Å². The lowest BCUT2D eigenvalue weighted by molar-refractivity contribution is 0.112. The Bertz CT molecular complexity index is 275. The van der Waals surface area contributed by atoms with Crippen LogP contribution in [0.3, 0.4) is 0 Å². The van der Waals surface area contributed by atoms with Gasteiger partial charge in [0.2, 0.25) is 0 Å². The number of nitrogens with one attached hydrogen (secondary N) is 1. The molecule has 1 heterocycles. The number of hydrogen-bond donors (Lipinski definition) is 1. The van der Waals surface area contributed by atoms with E-state index in [-0.39, 0.29) is 0 Å². The molecule has 58 valence electrons. The summed E-state index contributed by atoms with van der Waals surface area (Å²) >= 11 is 5.70. The monoisotopic (exact) mass is 170 g/mol. The van der Waals surface area contributed by atoms with E-state index < -0.39 is 0 Å². The van der Waals surface area contributed by atoms with E-state index >= 15 is 0 Å². The van der Waals surface area contributed by atoms with E-state index in [9.17, 15) is 4.79 Å². The second-order valence-corrected chi connectivity index (χ2v) is 2.37. The van der Waals surface area contributed by atoms with Crippen molar-refractivity contribution in [1.29, 1.82) is 0 Å². The Hall–Kier alpha value is -1.09. The fourth-order valence-electron chi connectivity index (χ4n) is 0.665. The number of halogens is 1. The number of nitrogens with zero attached hydrogens (tertiary/aromatic N) is 1. The van der Waals surface area contributed by atoms with Gasteiger partial charge in [-0.25, -0.2) is 4.98 Å². The molecule has 0 fully saturated rings. The Kier molecular flexibility index (Phi) is 2.44. The quantitative estimate of drug-likeness (QED) is 0.686. The molecule has 4 heteroatoms. The van der Waals surface area contributed by atoms with Crippen molar-refractivity contribution in [3.8, 4) is 0 Å². The summed E-state index contributed by atoms with van der Waals surface area (Å²) in [4.78, 5) is 14.2. The van der Waals surface area contributed by atoms with Gasteiger partial charge in [0.25, 0.3) is 0 Å². The van der Waals surface area contributed by atoms with E-state index in [1.165, 1.54) is 6.20 Å². The number of aldehydes is 1. The molecule has 0 aliphatic carbocycles. The van der Waals surface area contributed by atoms with E-state index in [1.54, 1.807) is 13.1 Å². The van der Waals surface area contributed by atoms with Crippen LogP contribution in [0.5, 0.6) is 0 Å². The van der Waals surface area contributed by atoms with Crippen LogP contribution in [-0.4, -0.2) is 18.3 Å². The van der Waals surface area contributed by atoms with Crippen LogP contribution in [0, 0.1) is 0 Å². The maximum absolute atomic E-state index is 10.3. The van der Waals surface area contributed by atoms with Gasteiger partial charge in [-0.1, -0.05) is 11.6 Å². The topological polar surface area (TPSA) is 42.0 Å². The third-order valence-electron chi connectivity index (χ3n) is 1.27. The summed E-state index contributed by atoms with van der Waals surface area (Å²) in [6.07, 6.45) is 2.11. The van der Waals surface area contributed by atoms with Gasteiger partial charge in [0.05, 0.1) is 10.6 Å². The molecule has 0 amide bonds. The van der Waals surface area contributed by atoms with Crippen LogP contribution in [0.15, 0.2) is 12.3 Å². The first-order valence-electron chi connectivity index (χ1n) is 3.06. The summed E-state index contributed by atoms with van der Waals surface area (Å²) in [5.41, 5.74) is 0.408. The first-order chi connectivity index (χ1) is 5.27. The summed E-state index contributed by atoms with van der Waals surface area (Å²) in [6, 6.07) is 1.60. The molecular weight excluding hydrogens is 164 g/mol. The average molecular weight is 171 g/mol. The van der Waals surface area contributed by atoms with Gasteiger partial charge >= 0.3 is 0 Å². The molecule has 1 aromatic rings. The maximum atomic E-state index is 10.3. The molecule has 0 aliphatic heterocycles. The van der Waals surface area contributed by atoms with Crippen molar-refractivity contribution in [1.82, 2.24) is 4.98 Å². The molecule has 3 nitrogen and oxygen atoms in total. The summed E-state index contributed by atoms with van der Waals surface area (Å²) in [5.74, 6) is 0.653. The molecule has 0 spiro atoms. The van der Waals surface area contributed by atoms with Crippen LogP contribution in [0.4, 0.5) is 5.82 Å². The lowest BCUT2D eigenvalue weighted by Crippen LogP contribution is -1.93. The number of hydrogen-bond acceptors (Lipinski definition) is 3. The highest BCUT2D eigenvalue weighted by molar-refractivity contribution is 6.33. The summed E-state index contributed by atoms with van der Waals surface area (Å²) in [5, 5.41) is 3.22. The summed E-state index contributed by atoms with van der Waals surface area (Å²) in [7, 11) is 1.74. The van der Waals surface area contributed by atoms with Crippen molar-refractivity contribution in [2.24, 2.45) is 0 Å². The standard InChI is InChI=1S/C7H7ClN2O/c1-9-7-2-6(8)5(4-11)3-10-7/h2-4H,1H3,(H,9,10). The second-order valence-electron chi connectivity index (χ2n) is 1.96. The van der Waals surface area contributed by atoms with Crippen molar-refractivity contribution in [3.05, 3.63) is 22.8 Å². The zero-order valence-corrected chi connectivity index (χ0v) is 6.72. The van der Waals surface area contributed by atoms with Gasteiger partial charge in [0.15, 0.2) is 6.29 Å². The number of anilines is 1. The zero-order valence-electron chi connectivity index (χ0n) is 5.97.